The summed E-state index contributed by atoms with van der Waals surface area (Å²) in [4.78, 5) is 18.0. The number of rotatable bonds is 4. The molecule has 1 fully saturated rings. The van der Waals surface area contributed by atoms with Crippen LogP contribution in [0.4, 0.5) is 0 Å². The van der Waals surface area contributed by atoms with Gasteiger partial charge in [0.1, 0.15) is 17.8 Å². The Morgan fingerprint density at radius 1 is 1.19 bits per heavy atom. The van der Waals surface area contributed by atoms with Crippen LogP contribution in [0.2, 0.25) is 5.02 Å². The molecule has 0 unspecified atom stereocenters. The number of likely N-dealkylation sites (tertiary alicyclic amines) is 1. The van der Waals surface area contributed by atoms with Crippen molar-refractivity contribution in [3.63, 3.8) is 0 Å². The highest BCUT2D eigenvalue weighted by Gasteiger charge is 2.25. The average molecular weight is 384 g/mol. The predicted octanol–water partition coefficient (Wildman–Crippen LogP) is 3.56. The lowest BCUT2D eigenvalue weighted by molar-refractivity contribution is 0.0684. The Balaban J connectivity index is 1.37. The van der Waals surface area contributed by atoms with Gasteiger partial charge in [-0.2, -0.15) is 0 Å². The number of benzene rings is 1. The molecular weight excluding hydrogens is 362 g/mol. The van der Waals surface area contributed by atoms with Gasteiger partial charge in [0.05, 0.1) is 0 Å². The third kappa shape index (κ3) is 3.90. The van der Waals surface area contributed by atoms with Crippen LogP contribution in [0.15, 0.2) is 42.7 Å². The number of H-pyrrole nitrogens is 1. The van der Waals surface area contributed by atoms with Crippen molar-refractivity contribution in [2.24, 2.45) is 13.0 Å². The van der Waals surface area contributed by atoms with Crippen molar-refractivity contribution >= 4 is 17.5 Å². The van der Waals surface area contributed by atoms with E-state index in [1.54, 1.807) is 6.33 Å². The van der Waals surface area contributed by atoms with E-state index in [1.165, 1.54) is 0 Å². The molecule has 4 rings (SSSR count). The summed E-state index contributed by atoms with van der Waals surface area (Å²) in [7, 11) is 1.97. The minimum atomic E-state index is 0.0623. The van der Waals surface area contributed by atoms with Crippen LogP contribution in [0.25, 0.3) is 11.3 Å². The van der Waals surface area contributed by atoms with Gasteiger partial charge in [-0.05, 0) is 48.6 Å². The number of amides is 1. The summed E-state index contributed by atoms with van der Waals surface area (Å²) in [6, 6.07) is 11.4. The number of halogens is 1. The van der Waals surface area contributed by atoms with E-state index >= 15 is 0 Å². The molecule has 1 amide bonds. The summed E-state index contributed by atoms with van der Waals surface area (Å²) < 4.78 is 1.97. The number of aromatic amines is 1. The third-order valence-corrected chi connectivity index (χ3v) is 5.50. The zero-order chi connectivity index (χ0) is 18.8. The molecule has 1 aliphatic rings. The topological polar surface area (TPSA) is 66.8 Å². The Bertz CT molecular complexity index is 922. The van der Waals surface area contributed by atoms with Crippen molar-refractivity contribution in [1.82, 2.24) is 24.6 Å². The normalized spacial score (nSPS) is 15.3. The Hall–Kier alpha value is -2.60. The Kier molecular flexibility index (Phi) is 4.99. The SMILES string of the molecule is Cn1cnnc1CC1CCN(C(=O)c2ccc(-c3ccc(Cl)cc3)[nH]2)CC1. The van der Waals surface area contributed by atoms with Gasteiger partial charge in [-0.3, -0.25) is 4.79 Å². The van der Waals surface area contributed by atoms with Gasteiger partial charge < -0.3 is 14.5 Å². The molecule has 1 N–H and O–H groups in total. The van der Waals surface area contributed by atoms with Crippen molar-refractivity contribution in [3.8, 4) is 11.3 Å². The van der Waals surface area contributed by atoms with Gasteiger partial charge in [0.2, 0.25) is 0 Å². The van der Waals surface area contributed by atoms with Gasteiger partial charge in [-0.25, -0.2) is 0 Å². The molecule has 3 aromatic rings. The highest BCUT2D eigenvalue weighted by atomic mass is 35.5. The lowest BCUT2D eigenvalue weighted by Gasteiger charge is -2.31. The Morgan fingerprint density at radius 2 is 1.93 bits per heavy atom. The number of carbonyl (C=O) groups is 1. The van der Waals surface area contributed by atoms with Crippen LogP contribution >= 0.6 is 11.6 Å². The van der Waals surface area contributed by atoms with Gasteiger partial charge in [-0.1, -0.05) is 23.7 Å². The maximum Gasteiger partial charge on any atom is 0.270 e. The first kappa shape index (κ1) is 17.8. The van der Waals surface area contributed by atoms with Gasteiger partial charge in [0.15, 0.2) is 0 Å². The zero-order valence-corrected chi connectivity index (χ0v) is 16.0. The summed E-state index contributed by atoms with van der Waals surface area (Å²) in [5.74, 6) is 1.62. The number of nitrogens with one attached hydrogen (secondary N) is 1. The summed E-state index contributed by atoms with van der Waals surface area (Å²) in [5, 5.41) is 8.81. The van der Waals surface area contributed by atoms with E-state index in [9.17, 15) is 4.79 Å². The second-order valence-electron chi connectivity index (χ2n) is 7.09. The molecule has 1 aromatic carbocycles. The molecule has 1 aliphatic heterocycles. The van der Waals surface area contributed by atoms with E-state index in [-0.39, 0.29) is 5.91 Å². The van der Waals surface area contributed by atoms with Gasteiger partial charge in [0, 0.05) is 37.3 Å². The van der Waals surface area contributed by atoms with Gasteiger partial charge in [0.25, 0.3) is 5.91 Å². The average Bonchev–Trinajstić information content (AvgIpc) is 3.32. The van der Waals surface area contributed by atoms with Crippen molar-refractivity contribution in [2.75, 3.05) is 13.1 Å². The molecule has 0 saturated carbocycles. The number of nitrogens with zero attached hydrogens (tertiary/aromatic N) is 4. The van der Waals surface area contributed by atoms with Gasteiger partial charge >= 0.3 is 0 Å². The molecule has 2 aromatic heterocycles. The van der Waals surface area contributed by atoms with Crippen LogP contribution in [-0.4, -0.2) is 43.6 Å². The number of hydrogen-bond acceptors (Lipinski definition) is 3. The molecule has 0 bridgehead atoms. The lowest BCUT2D eigenvalue weighted by Crippen LogP contribution is -2.39. The van der Waals surface area contributed by atoms with Crippen molar-refractivity contribution in [1.29, 1.82) is 0 Å². The smallest absolute Gasteiger partial charge is 0.270 e. The molecule has 140 valence electrons. The molecule has 6 nitrogen and oxygen atoms in total. The molecule has 27 heavy (non-hydrogen) atoms. The highest BCUT2D eigenvalue weighted by Crippen LogP contribution is 2.24. The van der Waals surface area contributed by atoms with Crippen LogP contribution in [0, 0.1) is 5.92 Å². The van der Waals surface area contributed by atoms with Crippen LogP contribution in [0.5, 0.6) is 0 Å². The van der Waals surface area contributed by atoms with Crippen molar-refractivity contribution in [3.05, 3.63) is 59.3 Å². The lowest BCUT2D eigenvalue weighted by atomic mass is 9.93. The predicted molar refractivity (Wildman–Crippen MR) is 105 cm³/mol. The van der Waals surface area contributed by atoms with E-state index in [4.69, 9.17) is 11.6 Å². The molecule has 7 heteroatoms. The van der Waals surface area contributed by atoms with Crippen LogP contribution in [0.1, 0.15) is 29.2 Å². The van der Waals surface area contributed by atoms with Crippen molar-refractivity contribution < 1.29 is 4.79 Å². The summed E-state index contributed by atoms with van der Waals surface area (Å²) in [5.41, 5.74) is 2.57. The fourth-order valence-electron chi connectivity index (χ4n) is 3.58. The first-order valence-corrected chi connectivity index (χ1v) is 9.55. The second kappa shape index (κ2) is 7.56. The number of piperidine rings is 1. The van der Waals surface area contributed by atoms with E-state index in [2.05, 4.69) is 15.2 Å². The third-order valence-electron chi connectivity index (χ3n) is 5.25. The fraction of sp³-hybridized carbons (Fsp3) is 0.350. The first-order valence-electron chi connectivity index (χ1n) is 9.17. The van der Waals surface area contributed by atoms with E-state index < -0.39 is 0 Å². The van der Waals surface area contributed by atoms with Gasteiger partial charge in [-0.15, -0.1) is 10.2 Å². The summed E-state index contributed by atoms with van der Waals surface area (Å²) in [6.45, 7) is 1.55. The summed E-state index contributed by atoms with van der Waals surface area (Å²) in [6.07, 6.45) is 4.63. The zero-order valence-electron chi connectivity index (χ0n) is 15.2. The minimum Gasteiger partial charge on any atom is -0.351 e. The van der Waals surface area contributed by atoms with Crippen molar-refractivity contribution in [2.45, 2.75) is 19.3 Å². The summed E-state index contributed by atoms with van der Waals surface area (Å²) >= 11 is 5.94. The first-order chi connectivity index (χ1) is 13.1. The number of aryl methyl sites for hydroxylation is 1. The number of aromatic nitrogens is 4. The van der Waals surface area contributed by atoms with E-state index in [0.29, 0.717) is 16.6 Å². The molecule has 0 atom stereocenters. The molecule has 0 spiro atoms. The molecule has 3 heterocycles. The molecule has 1 saturated heterocycles. The highest BCUT2D eigenvalue weighted by molar-refractivity contribution is 6.30. The maximum absolute atomic E-state index is 12.8. The Labute approximate surface area is 163 Å². The standard InChI is InChI=1S/C20H22ClN5O/c1-25-13-22-24-19(25)12-14-8-10-26(11-9-14)20(27)18-7-6-17(23-18)15-2-4-16(21)5-3-15/h2-7,13-14,23H,8-12H2,1H3. The number of hydrogen-bond donors (Lipinski definition) is 1. The number of carbonyl (C=O) groups excluding carboxylic acids is 1. The van der Waals surface area contributed by atoms with Crippen LogP contribution in [-0.2, 0) is 13.5 Å². The fourth-order valence-corrected chi connectivity index (χ4v) is 3.70. The second-order valence-corrected chi connectivity index (χ2v) is 7.53. The molecule has 0 radical (unpaired) electrons. The minimum absolute atomic E-state index is 0.0623. The van der Waals surface area contributed by atoms with Crippen LogP contribution < -0.4 is 0 Å². The van der Waals surface area contributed by atoms with E-state index in [1.807, 2.05) is 52.9 Å². The van der Waals surface area contributed by atoms with E-state index in [0.717, 1.165) is 49.4 Å². The quantitative estimate of drug-likeness (QED) is 0.749. The molecular formula is C20H22ClN5O. The monoisotopic (exact) mass is 383 g/mol. The Morgan fingerprint density at radius 3 is 2.59 bits per heavy atom. The molecule has 0 aliphatic carbocycles. The maximum atomic E-state index is 12.8. The largest absolute Gasteiger partial charge is 0.351 e. The van der Waals surface area contributed by atoms with Crippen LogP contribution in [0.3, 0.4) is 0 Å².